The van der Waals surface area contributed by atoms with Crippen LogP contribution in [-0.4, -0.2) is 12.6 Å². The predicted octanol–water partition coefficient (Wildman–Crippen LogP) is 4.56. The molecular formula is C17H28FN. The third-order valence-corrected chi connectivity index (χ3v) is 3.50. The average Bonchev–Trinajstić information content (AvgIpc) is 2.38. The van der Waals surface area contributed by atoms with Crippen LogP contribution in [0.1, 0.15) is 52.0 Å². The lowest BCUT2D eigenvalue weighted by atomic mass is 9.93. The topological polar surface area (TPSA) is 12.0 Å². The third kappa shape index (κ3) is 6.72. The molecule has 0 aromatic heterocycles. The van der Waals surface area contributed by atoms with Crippen LogP contribution in [0.5, 0.6) is 0 Å². The number of nitrogens with one attached hydrogen (secondary N) is 1. The fourth-order valence-corrected chi connectivity index (χ4v) is 2.34. The molecular weight excluding hydrogens is 237 g/mol. The van der Waals surface area contributed by atoms with Gasteiger partial charge in [-0.05, 0) is 36.9 Å². The van der Waals surface area contributed by atoms with Crippen molar-refractivity contribution in [1.82, 2.24) is 5.32 Å². The highest BCUT2D eigenvalue weighted by Crippen LogP contribution is 2.18. The molecule has 1 N–H and O–H groups in total. The Morgan fingerprint density at radius 1 is 1.16 bits per heavy atom. The molecule has 0 aliphatic rings. The summed E-state index contributed by atoms with van der Waals surface area (Å²) < 4.78 is 13.7. The molecule has 0 fully saturated rings. The van der Waals surface area contributed by atoms with Crippen molar-refractivity contribution in [2.75, 3.05) is 6.54 Å². The zero-order valence-corrected chi connectivity index (χ0v) is 12.6. The maximum atomic E-state index is 13.7. The fraction of sp³-hybridized carbons (Fsp3) is 0.647. The van der Waals surface area contributed by atoms with E-state index in [4.69, 9.17) is 0 Å². The molecule has 0 aliphatic carbocycles. The minimum atomic E-state index is -0.0625. The van der Waals surface area contributed by atoms with E-state index in [-0.39, 0.29) is 5.82 Å². The number of rotatable bonds is 9. The molecule has 0 radical (unpaired) electrons. The number of benzene rings is 1. The highest BCUT2D eigenvalue weighted by atomic mass is 19.1. The minimum Gasteiger partial charge on any atom is -0.314 e. The fourth-order valence-electron chi connectivity index (χ4n) is 2.34. The molecule has 1 atom stereocenters. The van der Waals surface area contributed by atoms with Crippen LogP contribution in [0.4, 0.5) is 4.39 Å². The van der Waals surface area contributed by atoms with E-state index in [9.17, 15) is 4.39 Å². The van der Waals surface area contributed by atoms with Crippen molar-refractivity contribution in [3.63, 3.8) is 0 Å². The summed E-state index contributed by atoms with van der Waals surface area (Å²) in [6, 6.07) is 7.66. The Morgan fingerprint density at radius 2 is 1.89 bits per heavy atom. The van der Waals surface area contributed by atoms with Crippen LogP contribution in [0.3, 0.4) is 0 Å². The van der Waals surface area contributed by atoms with Gasteiger partial charge in [-0.25, -0.2) is 4.39 Å². The van der Waals surface area contributed by atoms with Crippen molar-refractivity contribution >= 4 is 0 Å². The zero-order chi connectivity index (χ0) is 14.1. The smallest absolute Gasteiger partial charge is 0.126 e. The van der Waals surface area contributed by atoms with Gasteiger partial charge in [-0.2, -0.15) is 0 Å². The highest BCUT2D eigenvalue weighted by Gasteiger charge is 2.12. The van der Waals surface area contributed by atoms with Gasteiger partial charge in [-0.15, -0.1) is 0 Å². The van der Waals surface area contributed by atoms with Crippen LogP contribution in [-0.2, 0) is 6.42 Å². The van der Waals surface area contributed by atoms with Gasteiger partial charge in [0.2, 0.25) is 0 Å². The summed E-state index contributed by atoms with van der Waals surface area (Å²) >= 11 is 0. The maximum Gasteiger partial charge on any atom is 0.126 e. The lowest BCUT2D eigenvalue weighted by molar-refractivity contribution is 0.401. The summed E-state index contributed by atoms with van der Waals surface area (Å²) in [6.45, 7) is 7.52. The molecule has 1 aromatic carbocycles. The molecule has 1 aromatic rings. The Morgan fingerprint density at radius 3 is 2.53 bits per heavy atom. The Hall–Kier alpha value is -0.890. The normalized spacial score (nSPS) is 12.9. The molecule has 1 rings (SSSR count). The molecule has 19 heavy (non-hydrogen) atoms. The largest absolute Gasteiger partial charge is 0.314 e. The molecule has 1 nitrogen and oxygen atoms in total. The average molecular weight is 265 g/mol. The Balaban J connectivity index is 2.54. The molecule has 0 saturated carbocycles. The standard InChI is InChI=1S/C17H28FN/c1-4-5-6-9-15(13-19-14(2)3)12-16-10-7-8-11-17(16)18/h7-8,10-11,14-15,19H,4-6,9,12-13H2,1-3H3. The summed E-state index contributed by atoms with van der Waals surface area (Å²) in [5.74, 6) is 0.471. The van der Waals surface area contributed by atoms with E-state index < -0.39 is 0 Å². The third-order valence-electron chi connectivity index (χ3n) is 3.50. The van der Waals surface area contributed by atoms with Gasteiger partial charge in [0.25, 0.3) is 0 Å². The van der Waals surface area contributed by atoms with E-state index in [0.717, 1.165) is 18.5 Å². The van der Waals surface area contributed by atoms with Gasteiger partial charge in [0.15, 0.2) is 0 Å². The Bertz CT molecular complexity index is 349. The second-order valence-electron chi connectivity index (χ2n) is 5.72. The predicted molar refractivity (Wildman–Crippen MR) is 80.9 cm³/mol. The molecule has 0 spiro atoms. The quantitative estimate of drug-likeness (QED) is 0.645. The van der Waals surface area contributed by atoms with Gasteiger partial charge in [0.1, 0.15) is 5.82 Å². The summed E-state index contributed by atoms with van der Waals surface area (Å²) in [5, 5.41) is 3.49. The van der Waals surface area contributed by atoms with Crippen LogP contribution in [0.2, 0.25) is 0 Å². The molecule has 108 valence electrons. The van der Waals surface area contributed by atoms with Crippen molar-refractivity contribution in [3.8, 4) is 0 Å². The van der Waals surface area contributed by atoms with Crippen molar-refractivity contribution in [3.05, 3.63) is 35.6 Å². The molecule has 0 bridgehead atoms. The van der Waals surface area contributed by atoms with E-state index in [2.05, 4.69) is 26.1 Å². The molecule has 0 heterocycles. The van der Waals surface area contributed by atoms with E-state index in [1.165, 1.54) is 25.7 Å². The van der Waals surface area contributed by atoms with E-state index in [1.54, 1.807) is 12.1 Å². The van der Waals surface area contributed by atoms with Crippen molar-refractivity contribution < 1.29 is 4.39 Å². The van der Waals surface area contributed by atoms with Crippen LogP contribution >= 0.6 is 0 Å². The first-order valence-electron chi connectivity index (χ1n) is 7.60. The Kier molecular flexibility index (Phi) is 7.73. The summed E-state index contributed by atoms with van der Waals surface area (Å²) in [4.78, 5) is 0. The van der Waals surface area contributed by atoms with Gasteiger partial charge in [0, 0.05) is 6.04 Å². The monoisotopic (exact) mass is 265 g/mol. The molecule has 0 aliphatic heterocycles. The maximum absolute atomic E-state index is 13.7. The lowest BCUT2D eigenvalue weighted by Crippen LogP contribution is -2.30. The number of hydrogen-bond donors (Lipinski definition) is 1. The molecule has 0 amide bonds. The van der Waals surface area contributed by atoms with Crippen molar-refractivity contribution in [2.24, 2.45) is 5.92 Å². The van der Waals surface area contributed by atoms with Gasteiger partial charge < -0.3 is 5.32 Å². The van der Waals surface area contributed by atoms with Crippen LogP contribution in [0, 0.1) is 11.7 Å². The highest BCUT2D eigenvalue weighted by molar-refractivity contribution is 5.17. The first kappa shape index (κ1) is 16.2. The second kappa shape index (κ2) is 9.08. The van der Waals surface area contributed by atoms with Crippen molar-refractivity contribution in [1.29, 1.82) is 0 Å². The van der Waals surface area contributed by atoms with Crippen LogP contribution < -0.4 is 5.32 Å². The SMILES string of the molecule is CCCCCC(CNC(C)C)Cc1ccccc1F. The number of unbranched alkanes of at least 4 members (excludes halogenated alkanes) is 2. The Labute approximate surface area is 117 Å². The van der Waals surface area contributed by atoms with Crippen LogP contribution in [0.15, 0.2) is 24.3 Å². The number of halogens is 1. The zero-order valence-electron chi connectivity index (χ0n) is 12.6. The van der Waals surface area contributed by atoms with Gasteiger partial charge >= 0.3 is 0 Å². The summed E-state index contributed by atoms with van der Waals surface area (Å²) in [6.07, 6.45) is 5.78. The molecule has 0 saturated heterocycles. The van der Waals surface area contributed by atoms with Gasteiger partial charge in [-0.3, -0.25) is 0 Å². The summed E-state index contributed by atoms with van der Waals surface area (Å²) in [7, 11) is 0. The minimum absolute atomic E-state index is 0.0625. The first-order chi connectivity index (χ1) is 9.13. The van der Waals surface area contributed by atoms with Crippen molar-refractivity contribution in [2.45, 2.75) is 58.9 Å². The first-order valence-corrected chi connectivity index (χ1v) is 7.60. The van der Waals surface area contributed by atoms with Gasteiger partial charge in [-0.1, -0.05) is 58.2 Å². The summed E-state index contributed by atoms with van der Waals surface area (Å²) in [5.41, 5.74) is 0.856. The van der Waals surface area contributed by atoms with E-state index in [1.807, 2.05) is 12.1 Å². The van der Waals surface area contributed by atoms with Crippen LogP contribution in [0.25, 0.3) is 0 Å². The lowest BCUT2D eigenvalue weighted by Gasteiger charge is -2.19. The van der Waals surface area contributed by atoms with E-state index >= 15 is 0 Å². The number of hydrogen-bond acceptors (Lipinski definition) is 1. The molecule has 1 unspecified atom stereocenters. The van der Waals surface area contributed by atoms with E-state index in [0.29, 0.717) is 12.0 Å². The molecule has 2 heteroatoms. The second-order valence-corrected chi connectivity index (χ2v) is 5.72. The van der Waals surface area contributed by atoms with Gasteiger partial charge in [0.05, 0.1) is 0 Å².